The van der Waals surface area contributed by atoms with Crippen LogP contribution in [-0.4, -0.2) is 53.9 Å². The Morgan fingerprint density at radius 2 is 1.95 bits per heavy atom. The molecule has 0 saturated heterocycles. The van der Waals surface area contributed by atoms with Crippen LogP contribution in [-0.2, 0) is 14.3 Å². The smallest absolute Gasteiger partial charge is 0.411 e. The van der Waals surface area contributed by atoms with E-state index < -0.39 is 31.2 Å². The average molecular weight is 285 g/mol. The minimum Gasteiger partial charge on any atom is -0.480 e. The molecule has 8 heteroatoms. The Labute approximate surface area is 109 Å². The molecule has 0 fully saturated rings. The number of nitrogens with zero attached hydrogens (tertiary/aromatic N) is 1. The Balaban J connectivity index is 4.22. The molecular weight excluding hydrogens is 267 g/mol. The number of alkyl halides is 3. The number of carboxylic acids is 1. The number of amides is 1. The molecule has 0 aromatic carbocycles. The molecule has 0 bridgehead atoms. The lowest BCUT2D eigenvalue weighted by Gasteiger charge is -2.27. The number of carbonyl (C=O) groups is 2. The number of rotatable bonds is 8. The Morgan fingerprint density at radius 3 is 2.37 bits per heavy atom. The third-order valence-electron chi connectivity index (χ3n) is 2.47. The normalized spacial score (nSPS) is 13.1. The zero-order valence-corrected chi connectivity index (χ0v) is 10.9. The quantitative estimate of drug-likeness (QED) is 0.689. The maximum atomic E-state index is 11.8. The van der Waals surface area contributed by atoms with E-state index in [1.54, 1.807) is 13.8 Å². The van der Waals surface area contributed by atoms with Gasteiger partial charge in [0.25, 0.3) is 0 Å². The van der Waals surface area contributed by atoms with Crippen LogP contribution >= 0.6 is 0 Å². The van der Waals surface area contributed by atoms with Gasteiger partial charge in [0.1, 0.15) is 13.2 Å². The summed E-state index contributed by atoms with van der Waals surface area (Å²) in [5.41, 5.74) is 0. The SMILES string of the molecule is CCC(C)N(CC(=O)O)C(=O)CCOCC(F)(F)F. The van der Waals surface area contributed by atoms with Crippen molar-refractivity contribution in [2.45, 2.75) is 38.9 Å². The van der Waals surface area contributed by atoms with Gasteiger partial charge in [-0.05, 0) is 13.3 Å². The van der Waals surface area contributed by atoms with Gasteiger partial charge in [0, 0.05) is 6.04 Å². The van der Waals surface area contributed by atoms with Gasteiger partial charge in [-0.3, -0.25) is 9.59 Å². The van der Waals surface area contributed by atoms with Crippen molar-refractivity contribution in [3.8, 4) is 0 Å². The average Bonchev–Trinajstić information content (AvgIpc) is 2.29. The van der Waals surface area contributed by atoms with Gasteiger partial charge in [0.2, 0.25) is 5.91 Å². The van der Waals surface area contributed by atoms with E-state index in [2.05, 4.69) is 4.74 Å². The molecule has 1 unspecified atom stereocenters. The number of hydrogen-bond acceptors (Lipinski definition) is 3. The van der Waals surface area contributed by atoms with Gasteiger partial charge >= 0.3 is 12.1 Å². The highest BCUT2D eigenvalue weighted by Gasteiger charge is 2.28. The summed E-state index contributed by atoms with van der Waals surface area (Å²) in [7, 11) is 0. The van der Waals surface area contributed by atoms with E-state index in [9.17, 15) is 22.8 Å². The fourth-order valence-electron chi connectivity index (χ4n) is 1.35. The minimum absolute atomic E-state index is 0.270. The van der Waals surface area contributed by atoms with Crippen LogP contribution < -0.4 is 0 Å². The maximum absolute atomic E-state index is 11.8. The Kier molecular flexibility index (Phi) is 7.43. The van der Waals surface area contributed by atoms with E-state index in [0.717, 1.165) is 4.90 Å². The molecule has 0 radical (unpaired) electrons. The van der Waals surface area contributed by atoms with Gasteiger partial charge in [-0.15, -0.1) is 0 Å². The number of aliphatic carboxylic acids is 1. The fourth-order valence-corrected chi connectivity index (χ4v) is 1.35. The third kappa shape index (κ3) is 8.41. The molecule has 0 aliphatic heterocycles. The van der Waals surface area contributed by atoms with Crippen molar-refractivity contribution in [2.75, 3.05) is 19.8 Å². The topological polar surface area (TPSA) is 66.8 Å². The summed E-state index contributed by atoms with van der Waals surface area (Å²) in [6, 6.07) is -0.286. The standard InChI is InChI=1S/C11H18F3NO4/c1-3-8(2)15(6-10(17)18)9(16)4-5-19-7-11(12,13)14/h8H,3-7H2,1-2H3,(H,17,18). The van der Waals surface area contributed by atoms with Crippen LogP contribution in [0.5, 0.6) is 0 Å². The second-order valence-corrected chi connectivity index (χ2v) is 4.09. The van der Waals surface area contributed by atoms with E-state index in [0.29, 0.717) is 6.42 Å². The van der Waals surface area contributed by atoms with Gasteiger partial charge in [0.15, 0.2) is 0 Å². The van der Waals surface area contributed by atoms with Crippen LogP contribution in [0.3, 0.4) is 0 Å². The van der Waals surface area contributed by atoms with Gasteiger partial charge < -0.3 is 14.7 Å². The van der Waals surface area contributed by atoms with Crippen molar-refractivity contribution in [1.29, 1.82) is 0 Å². The summed E-state index contributed by atoms with van der Waals surface area (Å²) >= 11 is 0. The van der Waals surface area contributed by atoms with Crippen molar-refractivity contribution in [1.82, 2.24) is 4.90 Å². The second-order valence-electron chi connectivity index (χ2n) is 4.09. The van der Waals surface area contributed by atoms with Crippen molar-refractivity contribution in [3.63, 3.8) is 0 Å². The maximum Gasteiger partial charge on any atom is 0.411 e. The molecule has 0 rings (SSSR count). The first kappa shape index (κ1) is 17.7. The van der Waals surface area contributed by atoms with Crippen molar-refractivity contribution >= 4 is 11.9 Å². The first-order valence-electron chi connectivity index (χ1n) is 5.83. The molecule has 112 valence electrons. The summed E-state index contributed by atoms with van der Waals surface area (Å²) in [5, 5.41) is 8.68. The lowest BCUT2D eigenvalue weighted by Crippen LogP contribution is -2.42. The first-order valence-corrected chi connectivity index (χ1v) is 5.83. The van der Waals surface area contributed by atoms with Crippen LogP contribution in [0.2, 0.25) is 0 Å². The molecule has 0 spiro atoms. The lowest BCUT2D eigenvalue weighted by atomic mass is 10.2. The second kappa shape index (κ2) is 7.98. The Bertz CT molecular complexity index is 307. The summed E-state index contributed by atoms with van der Waals surface area (Å²) in [6.07, 6.45) is -4.14. The fraction of sp³-hybridized carbons (Fsp3) is 0.818. The van der Waals surface area contributed by atoms with Crippen LogP contribution in [0.4, 0.5) is 13.2 Å². The van der Waals surface area contributed by atoms with Crippen LogP contribution in [0.25, 0.3) is 0 Å². The predicted molar refractivity (Wildman–Crippen MR) is 60.6 cm³/mol. The molecule has 0 aromatic rings. The van der Waals surface area contributed by atoms with Crippen molar-refractivity contribution < 1.29 is 32.6 Å². The lowest BCUT2D eigenvalue weighted by molar-refractivity contribution is -0.175. The molecule has 1 N–H and O–H groups in total. The van der Waals surface area contributed by atoms with Crippen LogP contribution in [0.15, 0.2) is 0 Å². The number of carbonyl (C=O) groups excluding carboxylic acids is 1. The van der Waals surface area contributed by atoms with Gasteiger partial charge in [-0.1, -0.05) is 6.92 Å². The van der Waals surface area contributed by atoms with E-state index in [1.165, 1.54) is 0 Å². The summed E-state index contributed by atoms with van der Waals surface area (Å²) in [5.74, 6) is -1.69. The Hall–Kier alpha value is -1.31. The number of halogens is 3. The van der Waals surface area contributed by atoms with E-state index >= 15 is 0 Å². The molecule has 0 saturated carbocycles. The number of hydrogen-bond donors (Lipinski definition) is 1. The van der Waals surface area contributed by atoms with E-state index in [-0.39, 0.29) is 19.1 Å². The molecule has 0 aliphatic carbocycles. The first-order chi connectivity index (χ1) is 8.67. The summed E-state index contributed by atoms with van der Waals surface area (Å²) in [4.78, 5) is 23.5. The summed E-state index contributed by atoms with van der Waals surface area (Å²) < 4.78 is 39.7. The molecule has 1 amide bonds. The van der Waals surface area contributed by atoms with Gasteiger partial charge in [0.05, 0.1) is 13.0 Å². The highest BCUT2D eigenvalue weighted by molar-refractivity contribution is 5.81. The van der Waals surface area contributed by atoms with Crippen LogP contribution in [0, 0.1) is 0 Å². The monoisotopic (exact) mass is 285 g/mol. The summed E-state index contributed by atoms with van der Waals surface area (Å²) in [6.45, 7) is 1.20. The van der Waals surface area contributed by atoms with E-state index in [4.69, 9.17) is 5.11 Å². The van der Waals surface area contributed by atoms with E-state index in [1.807, 2.05) is 0 Å². The van der Waals surface area contributed by atoms with Gasteiger partial charge in [-0.25, -0.2) is 0 Å². The van der Waals surface area contributed by atoms with Gasteiger partial charge in [-0.2, -0.15) is 13.2 Å². The number of carboxylic acid groups (broad SMARTS) is 1. The molecule has 19 heavy (non-hydrogen) atoms. The van der Waals surface area contributed by atoms with Crippen molar-refractivity contribution in [3.05, 3.63) is 0 Å². The Morgan fingerprint density at radius 1 is 1.37 bits per heavy atom. The number of ether oxygens (including phenoxy) is 1. The third-order valence-corrected chi connectivity index (χ3v) is 2.47. The van der Waals surface area contributed by atoms with Crippen molar-refractivity contribution in [2.24, 2.45) is 0 Å². The molecule has 0 aliphatic rings. The minimum atomic E-state index is -4.43. The van der Waals surface area contributed by atoms with Crippen LogP contribution in [0.1, 0.15) is 26.7 Å². The zero-order valence-electron chi connectivity index (χ0n) is 10.9. The largest absolute Gasteiger partial charge is 0.480 e. The highest BCUT2D eigenvalue weighted by atomic mass is 19.4. The molecular formula is C11H18F3NO4. The molecule has 0 heterocycles. The predicted octanol–water partition coefficient (Wildman–Crippen LogP) is 1.67. The highest BCUT2D eigenvalue weighted by Crippen LogP contribution is 2.14. The molecule has 0 aromatic heterocycles. The molecule has 1 atom stereocenters. The molecule has 5 nitrogen and oxygen atoms in total. The zero-order chi connectivity index (χ0) is 15.1.